The van der Waals surface area contributed by atoms with Gasteiger partial charge in [-0.05, 0) is 19.9 Å². The number of carbonyl (C=O) groups excluding carboxylic acids is 1. The molecule has 0 atom stereocenters. The molecule has 0 saturated carbocycles. The van der Waals surface area contributed by atoms with Crippen LogP contribution in [0.1, 0.15) is 36.8 Å². The largest absolute Gasteiger partial charge is 0.481 e. The average Bonchev–Trinajstić information content (AvgIpc) is 2.73. The monoisotopic (exact) mass is 239 g/mol. The Bertz CT molecular complexity index is 412. The number of hydrogen-bond donors (Lipinski definition) is 1. The zero-order chi connectivity index (χ0) is 13.0. The fraction of sp³-hybridized carbons (Fsp3) is 0.545. The smallest absolute Gasteiger partial charge is 0.305 e. The quantitative estimate of drug-likeness (QED) is 0.832. The average molecular weight is 239 g/mol. The number of aliphatic carboxylic acids is 1. The minimum Gasteiger partial charge on any atom is -0.481 e. The van der Waals surface area contributed by atoms with Gasteiger partial charge in [0.1, 0.15) is 5.69 Å². The molecule has 94 valence electrons. The van der Waals surface area contributed by atoms with Gasteiger partial charge in [0.15, 0.2) is 0 Å². The summed E-state index contributed by atoms with van der Waals surface area (Å²) >= 11 is 0. The molecule has 0 aromatic carbocycles. The lowest BCUT2D eigenvalue weighted by molar-refractivity contribution is -0.137. The van der Waals surface area contributed by atoms with Crippen LogP contribution in [0.2, 0.25) is 0 Å². The first-order valence-electron chi connectivity index (χ1n) is 5.44. The summed E-state index contributed by atoms with van der Waals surface area (Å²) in [5, 5.41) is 12.7. The third-order valence-electron chi connectivity index (χ3n) is 2.36. The van der Waals surface area contributed by atoms with Gasteiger partial charge < -0.3 is 10.0 Å². The zero-order valence-electron chi connectivity index (χ0n) is 10.3. The third-order valence-corrected chi connectivity index (χ3v) is 2.36. The Morgan fingerprint density at radius 3 is 2.65 bits per heavy atom. The summed E-state index contributed by atoms with van der Waals surface area (Å²) in [6, 6.07) is 1.83. The van der Waals surface area contributed by atoms with Gasteiger partial charge in [-0.3, -0.25) is 14.3 Å². The molecule has 6 nitrogen and oxygen atoms in total. The molecule has 0 bridgehead atoms. The first-order valence-corrected chi connectivity index (χ1v) is 5.44. The first kappa shape index (κ1) is 13.2. The van der Waals surface area contributed by atoms with Crippen molar-refractivity contribution in [3.63, 3.8) is 0 Å². The second kappa shape index (κ2) is 5.47. The number of carbonyl (C=O) groups is 2. The highest BCUT2D eigenvalue weighted by Gasteiger charge is 2.15. The van der Waals surface area contributed by atoms with E-state index in [-0.39, 0.29) is 24.9 Å². The highest BCUT2D eigenvalue weighted by molar-refractivity contribution is 5.92. The Hall–Kier alpha value is -1.85. The van der Waals surface area contributed by atoms with Gasteiger partial charge in [0.25, 0.3) is 5.91 Å². The van der Waals surface area contributed by atoms with E-state index in [1.165, 1.54) is 4.90 Å². The summed E-state index contributed by atoms with van der Waals surface area (Å²) in [4.78, 5) is 23.6. The zero-order valence-corrected chi connectivity index (χ0v) is 10.3. The molecule has 1 heterocycles. The van der Waals surface area contributed by atoms with Gasteiger partial charge in [0.05, 0.1) is 6.42 Å². The summed E-state index contributed by atoms with van der Waals surface area (Å²) in [6.07, 6.45) is 1.68. The van der Waals surface area contributed by atoms with E-state index in [0.717, 1.165) is 0 Å². The van der Waals surface area contributed by atoms with Crippen molar-refractivity contribution in [1.82, 2.24) is 14.7 Å². The number of nitrogens with zero attached hydrogens (tertiary/aromatic N) is 3. The van der Waals surface area contributed by atoms with Crippen LogP contribution in [-0.2, 0) is 4.79 Å². The third kappa shape index (κ3) is 3.58. The van der Waals surface area contributed by atoms with E-state index in [1.807, 2.05) is 13.8 Å². The van der Waals surface area contributed by atoms with E-state index in [4.69, 9.17) is 5.11 Å². The summed E-state index contributed by atoms with van der Waals surface area (Å²) in [5.41, 5.74) is 0.339. The van der Waals surface area contributed by atoms with E-state index in [0.29, 0.717) is 5.69 Å². The Morgan fingerprint density at radius 1 is 1.53 bits per heavy atom. The Balaban J connectivity index is 2.64. The van der Waals surface area contributed by atoms with Crippen molar-refractivity contribution in [2.45, 2.75) is 26.3 Å². The number of amides is 1. The van der Waals surface area contributed by atoms with Crippen LogP contribution in [0.3, 0.4) is 0 Å². The molecule has 17 heavy (non-hydrogen) atoms. The molecule has 1 aromatic heterocycles. The van der Waals surface area contributed by atoms with Crippen LogP contribution in [0.4, 0.5) is 0 Å². The summed E-state index contributed by atoms with van der Waals surface area (Å²) in [7, 11) is 1.57. The maximum atomic E-state index is 11.9. The summed E-state index contributed by atoms with van der Waals surface area (Å²) in [5.74, 6) is -1.18. The van der Waals surface area contributed by atoms with Gasteiger partial charge in [0, 0.05) is 25.8 Å². The Kier molecular flexibility index (Phi) is 4.25. The molecule has 0 aliphatic carbocycles. The van der Waals surface area contributed by atoms with Crippen molar-refractivity contribution >= 4 is 11.9 Å². The highest BCUT2D eigenvalue weighted by atomic mass is 16.4. The molecule has 0 aliphatic heterocycles. The van der Waals surface area contributed by atoms with Gasteiger partial charge in [-0.25, -0.2) is 0 Å². The standard InChI is InChI=1S/C11H17N3O3/c1-8(2)14-7-4-9(12-14)11(17)13(3)6-5-10(15)16/h4,7-8H,5-6H2,1-3H3,(H,15,16). The van der Waals surface area contributed by atoms with E-state index < -0.39 is 5.97 Å². The SMILES string of the molecule is CC(C)n1ccc(C(=O)N(C)CCC(=O)O)n1. The van der Waals surface area contributed by atoms with Crippen molar-refractivity contribution in [2.24, 2.45) is 0 Å². The molecule has 0 aliphatic rings. The number of rotatable bonds is 5. The van der Waals surface area contributed by atoms with Crippen molar-refractivity contribution in [2.75, 3.05) is 13.6 Å². The molecule has 1 N–H and O–H groups in total. The van der Waals surface area contributed by atoms with Crippen LogP contribution in [0, 0.1) is 0 Å². The number of aromatic nitrogens is 2. The van der Waals surface area contributed by atoms with Gasteiger partial charge >= 0.3 is 5.97 Å². The fourth-order valence-corrected chi connectivity index (χ4v) is 1.30. The van der Waals surface area contributed by atoms with Crippen LogP contribution in [0.15, 0.2) is 12.3 Å². The minimum atomic E-state index is -0.919. The van der Waals surface area contributed by atoms with Crippen LogP contribution in [0.25, 0.3) is 0 Å². The Labute approximate surface area is 99.8 Å². The van der Waals surface area contributed by atoms with Crippen molar-refractivity contribution in [3.05, 3.63) is 18.0 Å². The molecule has 0 spiro atoms. The molecule has 1 aromatic rings. The fourth-order valence-electron chi connectivity index (χ4n) is 1.30. The maximum absolute atomic E-state index is 11.9. The predicted molar refractivity (Wildman–Crippen MR) is 61.8 cm³/mol. The molecule has 0 fully saturated rings. The highest BCUT2D eigenvalue weighted by Crippen LogP contribution is 2.06. The van der Waals surface area contributed by atoms with Gasteiger partial charge in [-0.1, -0.05) is 0 Å². The lowest BCUT2D eigenvalue weighted by atomic mass is 10.3. The van der Waals surface area contributed by atoms with Crippen LogP contribution < -0.4 is 0 Å². The molecule has 0 radical (unpaired) electrons. The summed E-state index contributed by atoms with van der Waals surface area (Å²) in [6.45, 7) is 4.12. The first-order chi connectivity index (χ1) is 7.91. The number of carboxylic acids is 1. The molecule has 0 unspecified atom stereocenters. The van der Waals surface area contributed by atoms with Crippen LogP contribution in [-0.4, -0.2) is 45.3 Å². The van der Waals surface area contributed by atoms with E-state index in [2.05, 4.69) is 5.10 Å². The molecular weight excluding hydrogens is 222 g/mol. The van der Waals surface area contributed by atoms with Crippen LogP contribution in [0.5, 0.6) is 0 Å². The summed E-state index contributed by atoms with van der Waals surface area (Å²) < 4.78 is 1.69. The second-order valence-electron chi connectivity index (χ2n) is 4.15. The molecule has 1 rings (SSSR count). The van der Waals surface area contributed by atoms with E-state index in [1.54, 1.807) is 24.0 Å². The van der Waals surface area contributed by atoms with Crippen molar-refractivity contribution < 1.29 is 14.7 Å². The number of hydrogen-bond acceptors (Lipinski definition) is 3. The van der Waals surface area contributed by atoms with E-state index in [9.17, 15) is 9.59 Å². The van der Waals surface area contributed by atoms with E-state index >= 15 is 0 Å². The van der Waals surface area contributed by atoms with Crippen molar-refractivity contribution in [1.29, 1.82) is 0 Å². The predicted octanol–water partition coefficient (Wildman–Crippen LogP) is 1.01. The minimum absolute atomic E-state index is 0.0624. The lowest BCUT2D eigenvalue weighted by Gasteiger charge is -2.14. The van der Waals surface area contributed by atoms with Crippen molar-refractivity contribution in [3.8, 4) is 0 Å². The number of carboxylic acid groups (broad SMARTS) is 1. The van der Waals surface area contributed by atoms with Gasteiger partial charge in [-0.2, -0.15) is 5.10 Å². The second-order valence-corrected chi connectivity index (χ2v) is 4.15. The molecular formula is C11H17N3O3. The van der Waals surface area contributed by atoms with Gasteiger partial charge in [-0.15, -0.1) is 0 Å². The lowest BCUT2D eigenvalue weighted by Crippen LogP contribution is -2.29. The molecule has 6 heteroatoms. The molecule has 1 amide bonds. The maximum Gasteiger partial charge on any atom is 0.305 e. The van der Waals surface area contributed by atoms with Crippen LogP contribution >= 0.6 is 0 Å². The molecule has 0 saturated heterocycles. The normalized spacial score (nSPS) is 10.6. The topological polar surface area (TPSA) is 75.4 Å². The Morgan fingerprint density at radius 2 is 2.18 bits per heavy atom. The van der Waals surface area contributed by atoms with Gasteiger partial charge in [0.2, 0.25) is 0 Å².